The monoisotopic (exact) mass is 338 g/mol. The number of halogens is 2. The van der Waals surface area contributed by atoms with Crippen molar-refractivity contribution in [2.24, 2.45) is 0 Å². The molecule has 1 saturated heterocycles. The van der Waals surface area contributed by atoms with E-state index in [-0.39, 0.29) is 0 Å². The first-order valence-corrected chi connectivity index (χ1v) is 10.2. The van der Waals surface area contributed by atoms with Crippen LogP contribution >= 0.6 is 18.6 Å². The van der Waals surface area contributed by atoms with Gasteiger partial charge in [-0.2, -0.15) is 0 Å². The predicted octanol–water partition coefficient (Wildman–Crippen LogP) is -1.18. The average Bonchev–Trinajstić information content (AvgIpc) is 2.48. The second-order valence-corrected chi connectivity index (χ2v) is 6.14. The van der Waals surface area contributed by atoms with Crippen molar-refractivity contribution in [1.29, 1.82) is 0 Å². The van der Waals surface area contributed by atoms with Crippen LogP contribution in [0.1, 0.15) is 19.8 Å². The summed E-state index contributed by atoms with van der Waals surface area (Å²) in [6.07, 6.45) is 2.80. The fraction of sp³-hybridized carbons (Fsp3) is 1.00. The standard InChI is InChI=1S/C5H10I2N/c1-2-3-5-4-8(5)7-6/h5H,2-4H2,1H3/q-1. The topological polar surface area (TPSA) is 3.01 Å². The number of hydrogen-bond donors (Lipinski definition) is 0. The molecule has 0 spiro atoms. The van der Waals surface area contributed by atoms with Crippen LogP contribution in [-0.4, -0.2) is 15.7 Å². The molecule has 50 valence electrons. The molecule has 0 radical (unpaired) electrons. The molecule has 0 amide bonds. The van der Waals surface area contributed by atoms with E-state index in [9.17, 15) is 0 Å². The molecule has 1 rings (SSSR count). The zero-order valence-corrected chi connectivity index (χ0v) is 9.22. The van der Waals surface area contributed by atoms with Crippen molar-refractivity contribution in [2.75, 3.05) is 6.54 Å². The van der Waals surface area contributed by atoms with Crippen LogP contribution in [-0.2, 0) is 0 Å². The van der Waals surface area contributed by atoms with E-state index in [1.807, 2.05) is 0 Å². The molecule has 1 fully saturated rings. The molecule has 0 aliphatic carbocycles. The van der Waals surface area contributed by atoms with Crippen molar-refractivity contribution in [3.8, 4) is 0 Å². The van der Waals surface area contributed by atoms with E-state index in [1.165, 1.54) is 19.4 Å². The maximum atomic E-state index is 2.60. The molecule has 0 aromatic carbocycles. The van der Waals surface area contributed by atoms with Gasteiger partial charge in [-0.3, -0.25) is 0 Å². The zero-order valence-electron chi connectivity index (χ0n) is 4.90. The van der Waals surface area contributed by atoms with Crippen molar-refractivity contribution in [3.05, 3.63) is 0 Å². The summed E-state index contributed by atoms with van der Waals surface area (Å²) < 4.78 is 2.60. The number of nitrogens with zero attached hydrogens (tertiary/aromatic N) is 1. The molecule has 0 saturated carbocycles. The van der Waals surface area contributed by atoms with Gasteiger partial charge >= 0.3 is 71.6 Å². The Labute approximate surface area is 71.0 Å². The molecule has 1 heterocycles. The molecule has 3 heteroatoms. The molecule has 0 aromatic rings. The minimum absolute atomic E-state index is 0.410. The van der Waals surface area contributed by atoms with Gasteiger partial charge in [-0.05, 0) is 0 Å². The summed E-state index contributed by atoms with van der Waals surface area (Å²) >= 11 is 2.94. The van der Waals surface area contributed by atoms with Crippen LogP contribution in [0.3, 0.4) is 0 Å². The second-order valence-electron chi connectivity index (χ2n) is 2.09. The molecular formula is C5H10I2N-. The SMILES string of the molecule is CCCC1CN1[I-]I. The van der Waals surface area contributed by atoms with Gasteiger partial charge in [0.2, 0.25) is 0 Å². The first kappa shape index (κ1) is 7.53. The van der Waals surface area contributed by atoms with E-state index in [1.54, 1.807) is 0 Å². The Bertz CT molecular complexity index is 76.8. The summed E-state index contributed by atoms with van der Waals surface area (Å²) in [6.45, 7) is 3.67. The van der Waals surface area contributed by atoms with E-state index >= 15 is 0 Å². The third-order valence-corrected chi connectivity index (χ3v) is 6.14. The van der Waals surface area contributed by atoms with Gasteiger partial charge in [0.05, 0.1) is 0 Å². The number of rotatable bonds is 3. The van der Waals surface area contributed by atoms with E-state index in [2.05, 4.69) is 28.7 Å². The van der Waals surface area contributed by atoms with Crippen LogP contribution in [0.25, 0.3) is 0 Å². The van der Waals surface area contributed by atoms with Gasteiger partial charge < -0.3 is 0 Å². The van der Waals surface area contributed by atoms with Gasteiger partial charge in [0.15, 0.2) is 0 Å². The summed E-state index contributed by atoms with van der Waals surface area (Å²) in [5, 5.41) is 0. The Morgan fingerprint density at radius 2 is 2.62 bits per heavy atom. The molecule has 1 aliphatic heterocycles. The molecule has 0 aromatic heterocycles. The van der Waals surface area contributed by atoms with Crippen LogP contribution in [0.2, 0.25) is 0 Å². The third kappa shape index (κ3) is 1.98. The van der Waals surface area contributed by atoms with Crippen molar-refractivity contribution >= 4 is 18.6 Å². The predicted molar refractivity (Wildman–Crippen MR) is 39.4 cm³/mol. The van der Waals surface area contributed by atoms with Crippen molar-refractivity contribution in [3.63, 3.8) is 0 Å². The van der Waals surface area contributed by atoms with Gasteiger partial charge in [-0.25, -0.2) is 0 Å². The fourth-order valence-corrected chi connectivity index (χ4v) is 4.97. The summed E-state index contributed by atoms with van der Waals surface area (Å²) in [5.41, 5.74) is 0. The van der Waals surface area contributed by atoms with E-state index in [0.29, 0.717) is 17.5 Å². The first-order chi connectivity index (χ1) is 3.88. The average molecular weight is 338 g/mol. The Hall–Kier alpha value is 1.42. The van der Waals surface area contributed by atoms with Crippen molar-refractivity contribution in [2.45, 2.75) is 25.8 Å². The van der Waals surface area contributed by atoms with Crippen molar-refractivity contribution < 1.29 is 17.5 Å². The fourth-order valence-electron chi connectivity index (χ4n) is 0.797. The molecule has 1 aliphatic rings. The van der Waals surface area contributed by atoms with Gasteiger partial charge in [-0.15, -0.1) is 0 Å². The quantitative estimate of drug-likeness (QED) is 0.356. The van der Waals surface area contributed by atoms with Gasteiger partial charge in [0.1, 0.15) is 0 Å². The van der Waals surface area contributed by atoms with E-state index in [4.69, 9.17) is 0 Å². The van der Waals surface area contributed by atoms with Gasteiger partial charge in [0.25, 0.3) is 0 Å². The van der Waals surface area contributed by atoms with E-state index < -0.39 is 0 Å². The molecule has 8 heavy (non-hydrogen) atoms. The molecule has 0 N–H and O–H groups in total. The Morgan fingerprint density at radius 3 is 3.00 bits per heavy atom. The first-order valence-electron chi connectivity index (χ1n) is 2.91. The normalized spacial score (nSPS) is 35.8. The van der Waals surface area contributed by atoms with Crippen LogP contribution in [0.15, 0.2) is 0 Å². The van der Waals surface area contributed by atoms with Gasteiger partial charge in [-0.1, -0.05) is 0 Å². The summed E-state index contributed by atoms with van der Waals surface area (Å²) in [6, 6.07) is 1.00. The van der Waals surface area contributed by atoms with Crippen molar-refractivity contribution in [1.82, 2.24) is 3.11 Å². The molecule has 2 atom stereocenters. The molecule has 2 unspecified atom stereocenters. The number of hydrogen-bond acceptors (Lipinski definition) is 1. The minimum atomic E-state index is 0.410. The van der Waals surface area contributed by atoms with Crippen LogP contribution in [0.5, 0.6) is 0 Å². The third-order valence-electron chi connectivity index (χ3n) is 1.35. The zero-order chi connectivity index (χ0) is 5.98. The summed E-state index contributed by atoms with van der Waals surface area (Å²) in [4.78, 5) is 0. The summed E-state index contributed by atoms with van der Waals surface area (Å²) in [5.74, 6) is 0. The summed E-state index contributed by atoms with van der Waals surface area (Å²) in [7, 11) is 0. The Morgan fingerprint density at radius 1 is 1.88 bits per heavy atom. The van der Waals surface area contributed by atoms with Crippen LogP contribution < -0.4 is 17.5 Å². The Kier molecular flexibility index (Phi) is 3.34. The van der Waals surface area contributed by atoms with Gasteiger partial charge in [0, 0.05) is 0 Å². The Balaban J connectivity index is 1.99. The maximum absolute atomic E-state index is 2.60. The molecular weight excluding hydrogens is 328 g/mol. The molecule has 0 bridgehead atoms. The molecule has 1 nitrogen and oxygen atoms in total. The van der Waals surface area contributed by atoms with Crippen LogP contribution in [0, 0.1) is 0 Å². The van der Waals surface area contributed by atoms with Crippen LogP contribution in [0.4, 0.5) is 0 Å². The van der Waals surface area contributed by atoms with E-state index in [0.717, 1.165) is 6.04 Å². The second kappa shape index (κ2) is 3.55.